The Morgan fingerprint density at radius 3 is 1.83 bits per heavy atom. The third-order valence-electron chi connectivity index (χ3n) is 3.96. The van der Waals surface area contributed by atoms with Crippen molar-refractivity contribution in [3.05, 3.63) is 0 Å². The van der Waals surface area contributed by atoms with E-state index in [1.54, 1.807) is 4.90 Å². The van der Waals surface area contributed by atoms with Gasteiger partial charge in [-0.15, -0.1) is 0 Å². The molecule has 138 valence electrons. The second-order valence-corrected chi connectivity index (χ2v) is 7.82. The number of nitrogens with zero attached hydrogens (tertiary/aromatic N) is 1. The van der Waals surface area contributed by atoms with Crippen LogP contribution >= 0.6 is 0 Å². The summed E-state index contributed by atoms with van der Waals surface area (Å²) in [5.74, 6) is -0.380. The zero-order chi connectivity index (χ0) is 17.6. The van der Waals surface area contributed by atoms with Crippen molar-refractivity contribution in [1.82, 2.24) is 4.90 Å². The van der Waals surface area contributed by atoms with Crippen LogP contribution in [-0.4, -0.2) is 42.6 Å². The maximum atomic E-state index is 12.1. The molecule has 0 aromatic heterocycles. The fourth-order valence-corrected chi connectivity index (χ4v) is 3.05. The lowest BCUT2D eigenvalue weighted by Gasteiger charge is -2.21. The van der Waals surface area contributed by atoms with Gasteiger partial charge in [0.25, 0.3) is 10.1 Å². The second kappa shape index (κ2) is 13.8. The predicted octanol–water partition coefficient (Wildman–Crippen LogP) is 4.03. The fourth-order valence-electron chi connectivity index (χ4n) is 2.60. The van der Waals surface area contributed by atoms with E-state index in [1.165, 1.54) is 38.5 Å². The molecule has 0 atom stereocenters. The smallest absolute Gasteiger partial charge is 0.266 e. The minimum absolute atomic E-state index is 0.00144. The van der Waals surface area contributed by atoms with Gasteiger partial charge in [0.2, 0.25) is 5.91 Å². The molecular formula is C17H35NO4S. The lowest BCUT2D eigenvalue weighted by Crippen LogP contribution is -2.35. The second-order valence-electron chi connectivity index (χ2n) is 6.25. The zero-order valence-electron chi connectivity index (χ0n) is 14.9. The van der Waals surface area contributed by atoms with Gasteiger partial charge in [0.05, 0.1) is 5.75 Å². The highest BCUT2D eigenvalue weighted by molar-refractivity contribution is 7.85. The largest absolute Gasteiger partial charge is 0.342 e. The first-order chi connectivity index (χ1) is 10.9. The van der Waals surface area contributed by atoms with Crippen LogP contribution in [0.15, 0.2) is 0 Å². The van der Waals surface area contributed by atoms with E-state index in [4.69, 9.17) is 4.55 Å². The van der Waals surface area contributed by atoms with Crippen molar-refractivity contribution >= 4 is 16.0 Å². The van der Waals surface area contributed by atoms with E-state index in [-0.39, 0.29) is 18.2 Å². The van der Waals surface area contributed by atoms with Gasteiger partial charge in [-0.05, 0) is 12.8 Å². The first-order valence-electron chi connectivity index (χ1n) is 9.13. The van der Waals surface area contributed by atoms with E-state index in [0.29, 0.717) is 13.0 Å². The van der Waals surface area contributed by atoms with Crippen molar-refractivity contribution < 1.29 is 17.8 Å². The molecule has 5 nitrogen and oxygen atoms in total. The number of rotatable bonds is 15. The molecule has 1 N–H and O–H groups in total. The molecular weight excluding hydrogens is 314 g/mol. The van der Waals surface area contributed by atoms with Gasteiger partial charge in [0.15, 0.2) is 0 Å². The van der Waals surface area contributed by atoms with Gasteiger partial charge in [-0.1, -0.05) is 65.2 Å². The molecule has 6 heteroatoms. The molecule has 0 spiro atoms. The average molecular weight is 350 g/mol. The first kappa shape index (κ1) is 22.4. The number of hydrogen-bond acceptors (Lipinski definition) is 3. The maximum Gasteiger partial charge on any atom is 0.266 e. The molecule has 0 aromatic carbocycles. The standard InChI is InChI=1S/C17H35NO4S/c1-3-5-6-7-8-9-10-11-12-13-17(19)18(14-4-2)15-16-23(20,21)22/h3-16H2,1-2H3,(H,20,21,22). The maximum absolute atomic E-state index is 12.1. The summed E-state index contributed by atoms with van der Waals surface area (Å²) in [5, 5.41) is 0. The van der Waals surface area contributed by atoms with Crippen LogP contribution < -0.4 is 0 Å². The summed E-state index contributed by atoms with van der Waals surface area (Å²) in [7, 11) is -4.01. The van der Waals surface area contributed by atoms with Crippen molar-refractivity contribution in [2.75, 3.05) is 18.8 Å². The average Bonchev–Trinajstić information content (AvgIpc) is 2.48. The van der Waals surface area contributed by atoms with Gasteiger partial charge >= 0.3 is 0 Å². The minimum atomic E-state index is -4.01. The summed E-state index contributed by atoms with van der Waals surface area (Å²) in [5.41, 5.74) is 0. The highest BCUT2D eigenvalue weighted by Gasteiger charge is 2.15. The summed E-state index contributed by atoms with van der Waals surface area (Å²) in [6, 6.07) is 0. The lowest BCUT2D eigenvalue weighted by molar-refractivity contribution is -0.131. The van der Waals surface area contributed by atoms with E-state index in [0.717, 1.165) is 25.7 Å². The topological polar surface area (TPSA) is 74.7 Å². The number of carbonyl (C=O) groups excluding carboxylic acids is 1. The number of carbonyl (C=O) groups is 1. The van der Waals surface area contributed by atoms with E-state index in [2.05, 4.69) is 6.92 Å². The van der Waals surface area contributed by atoms with E-state index >= 15 is 0 Å². The van der Waals surface area contributed by atoms with Gasteiger partial charge in [-0.3, -0.25) is 9.35 Å². The monoisotopic (exact) mass is 349 g/mol. The summed E-state index contributed by atoms with van der Waals surface area (Å²) in [6.07, 6.45) is 12.1. The Labute approximate surface area is 142 Å². The molecule has 0 radical (unpaired) electrons. The molecule has 0 unspecified atom stereocenters. The van der Waals surface area contributed by atoms with Crippen molar-refractivity contribution in [2.45, 2.75) is 84.5 Å². The Hall–Kier alpha value is -0.620. The summed E-state index contributed by atoms with van der Waals surface area (Å²) in [4.78, 5) is 13.7. The van der Waals surface area contributed by atoms with Crippen molar-refractivity contribution in [1.29, 1.82) is 0 Å². The van der Waals surface area contributed by atoms with Gasteiger partial charge in [-0.2, -0.15) is 8.42 Å². The molecule has 0 saturated heterocycles. The molecule has 1 amide bonds. The predicted molar refractivity (Wildman–Crippen MR) is 95.1 cm³/mol. The number of unbranched alkanes of at least 4 members (excludes halogenated alkanes) is 8. The van der Waals surface area contributed by atoms with Crippen LogP contribution in [-0.2, 0) is 14.9 Å². The summed E-state index contributed by atoms with van der Waals surface area (Å²) < 4.78 is 30.4. The Morgan fingerprint density at radius 2 is 1.35 bits per heavy atom. The zero-order valence-corrected chi connectivity index (χ0v) is 15.7. The molecule has 0 rings (SSSR count). The third-order valence-corrected chi connectivity index (χ3v) is 4.66. The Morgan fingerprint density at radius 1 is 0.826 bits per heavy atom. The SMILES string of the molecule is CCCCCCCCCCCC(=O)N(CCC)CCS(=O)(=O)O. The Kier molecular flexibility index (Phi) is 13.4. The van der Waals surface area contributed by atoms with Gasteiger partial charge in [-0.25, -0.2) is 0 Å². The van der Waals surface area contributed by atoms with Crippen LogP contribution in [0.2, 0.25) is 0 Å². The molecule has 0 aliphatic rings. The van der Waals surface area contributed by atoms with Crippen molar-refractivity contribution in [3.8, 4) is 0 Å². The summed E-state index contributed by atoms with van der Waals surface area (Å²) >= 11 is 0. The quantitative estimate of drug-likeness (QED) is 0.358. The van der Waals surface area contributed by atoms with Gasteiger partial charge in [0.1, 0.15) is 0 Å². The molecule has 0 fully saturated rings. The molecule has 23 heavy (non-hydrogen) atoms. The van der Waals surface area contributed by atoms with Gasteiger partial charge < -0.3 is 4.90 Å². The van der Waals surface area contributed by atoms with Crippen LogP contribution in [0.5, 0.6) is 0 Å². The molecule has 0 bridgehead atoms. The van der Waals surface area contributed by atoms with E-state index in [9.17, 15) is 13.2 Å². The molecule has 0 aliphatic carbocycles. The van der Waals surface area contributed by atoms with Crippen LogP contribution in [0.3, 0.4) is 0 Å². The van der Waals surface area contributed by atoms with E-state index < -0.39 is 10.1 Å². The van der Waals surface area contributed by atoms with Crippen LogP contribution in [0.4, 0.5) is 0 Å². The van der Waals surface area contributed by atoms with Crippen LogP contribution in [0.1, 0.15) is 84.5 Å². The Bertz CT molecular complexity index is 395. The normalized spacial score (nSPS) is 11.6. The van der Waals surface area contributed by atoms with Gasteiger partial charge in [0, 0.05) is 19.5 Å². The molecule has 0 aliphatic heterocycles. The molecule has 0 aromatic rings. The molecule has 0 heterocycles. The molecule has 0 saturated carbocycles. The van der Waals surface area contributed by atoms with Crippen LogP contribution in [0.25, 0.3) is 0 Å². The first-order valence-corrected chi connectivity index (χ1v) is 10.7. The highest BCUT2D eigenvalue weighted by atomic mass is 32.2. The number of amides is 1. The fraction of sp³-hybridized carbons (Fsp3) is 0.941. The number of hydrogen-bond donors (Lipinski definition) is 1. The summed E-state index contributed by atoms with van der Waals surface area (Å²) in [6.45, 7) is 4.80. The highest BCUT2D eigenvalue weighted by Crippen LogP contribution is 2.11. The lowest BCUT2D eigenvalue weighted by atomic mass is 10.1. The third kappa shape index (κ3) is 14.7. The van der Waals surface area contributed by atoms with Crippen molar-refractivity contribution in [2.24, 2.45) is 0 Å². The van der Waals surface area contributed by atoms with Crippen LogP contribution in [0, 0.1) is 0 Å². The minimum Gasteiger partial charge on any atom is -0.342 e. The van der Waals surface area contributed by atoms with E-state index in [1.807, 2.05) is 6.92 Å². The Balaban J connectivity index is 3.78. The van der Waals surface area contributed by atoms with Crippen molar-refractivity contribution in [3.63, 3.8) is 0 Å².